The topological polar surface area (TPSA) is 69.0 Å². The number of hydrogen-bond acceptors (Lipinski definition) is 5. The molecule has 0 atom stereocenters. The van der Waals surface area contributed by atoms with E-state index in [0.717, 1.165) is 10.0 Å². The van der Waals surface area contributed by atoms with Gasteiger partial charge in [-0.25, -0.2) is 0 Å². The van der Waals surface area contributed by atoms with Crippen LogP contribution in [0.15, 0.2) is 46.0 Å². The second kappa shape index (κ2) is 9.84. The molecule has 0 aliphatic rings. The Labute approximate surface area is 191 Å². The quantitative estimate of drug-likeness (QED) is 0.404. The summed E-state index contributed by atoms with van der Waals surface area (Å²) < 4.78 is 8.18. The Morgan fingerprint density at radius 1 is 1.24 bits per heavy atom. The standard InChI is InChI=1S/C19H17BrCl2N4O2S/c1-3-26-18(13-9-12(21)5-7-16(13)28-2)24-25-19(26)29-10-17(27)23-15-6-4-11(20)8-14(15)22/h4-9H,3,10H2,1-2H3,(H,23,27). The molecule has 3 aromatic rings. The van der Waals surface area contributed by atoms with Crippen LogP contribution in [0.3, 0.4) is 0 Å². The first-order valence-electron chi connectivity index (χ1n) is 8.57. The van der Waals surface area contributed by atoms with Crippen molar-refractivity contribution in [1.82, 2.24) is 14.8 Å². The summed E-state index contributed by atoms with van der Waals surface area (Å²) in [5.41, 5.74) is 1.30. The second-order valence-corrected chi connectivity index (χ2v) is 8.56. The smallest absolute Gasteiger partial charge is 0.234 e. The second-order valence-electron chi connectivity index (χ2n) is 5.86. The average molecular weight is 516 g/mol. The summed E-state index contributed by atoms with van der Waals surface area (Å²) in [6.45, 7) is 2.61. The number of rotatable bonds is 7. The van der Waals surface area contributed by atoms with E-state index in [2.05, 4.69) is 31.4 Å². The summed E-state index contributed by atoms with van der Waals surface area (Å²) in [5.74, 6) is 1.25. The van der Waals surface area contributed by atoms with Crippen LogP contribution in [0, 0.1) is 0 Å². The number of amides is 1. The van der Waals surface area contributed by atoms with E-state index in [1.807, 2.05) is 17.6 Å². The third-order valence-corrected chi connectivity index (χ3v) is 5.98. The fourth-order valence-electron chi connectivity index (χ4n) is 2.64. The molecule has 10 heteroatoms. The molecule has 0 radical (unpaired) electrons. The fourth-order valence-corrected chi connectivity index (χ4v) is 4.34. The number of carbonyl (C=O) groups is 1. The zero-order valence-electron chi connectivity index (χ0n) is 15.6. The van der Waals surface area contributed by atoms with E-state index < -0.39 is 0 Å². The Morgan fingerprint density at radius 2 is 2.03 bits per heavy atom. The van der Waals surface area contributed by atoms with Gasteiger partial charge in [0.15, 0.2) is 11.0 Å². The number of methoxy groups -OCH3 is 1. The largest absolute Gasteiger partial charge is 0.496 e. The molecule has 0 aliphatic carbocycles. The Balaban J connectivity index is 1.76. The van der Waals surface area contributed by atoms with Crippen LogP contribution < -0.4 is 10.1 Å². The first-order valence-corrected chi connectivity index (χ1v) is 11.1. The van der Waals surface area contributed by atoms with Crippen LogP contribution in [-0.4, -0.2) is 33.5 Å². The van der Waals surface area contributed by atoms with Crippen LogP contribution in [-0.2, 0) is 11.3 Å². The third kappa shape index (κ3) is 5.25. The highest BCUT2D eigenvalue weighted by atomic mass is 79.9. The van der Waals surface area contributed by atoms with Crippen LogP contribution in [0.25, 0.3) is 11.4 Å². The number of carbonyl (C=O) groups excluding carboxylic acids is 1. The number of ether oxygens (including phenoxy) is 1. The van der Waals surface area contributed by atoms with E-state index in [-0.39, 0.29) is 11.7 Å². The Bertz CT molecular complexity index is 1050. The van der Waals surface area contributed by atoms with Crippen molar-refractivity contribution in [3.63, 3.8) is 0 Å². The van der Waals surface area contributed by atoms with E-state index in [1.54, 1.807) is 37.4 Å². The summed E-state index contributed by atoms with van der Waals surface area (Å²) in [4.78, 5) is 12.3. The van der Waals surface area contributed by atoms with Crippen molar-refractivity contribution in [2.75, 3.05) is 18.2 Å². The van der Waals surface area contributed by atoms with Crippen molar-refractivity contribution in [3.05, 3.63) is 50.9 Å². The lowest BCUT2D eigenvalue weighted by atomic mass is 10.2. The van der Waals surface area contributed by atoms with Gasteiger partial charge in [0.05, 0.1) is 29.1 Å². The summed E-state index contributed by atoms with van der Waals surface area (Å²) in [5, 5.41) is 13.0. The monoisotopic (exact) mass is 514 g/mol. The van der Waals surface area contributed by atoms with Crippen molar-refractivity contribution in [1.29, 1.82) is 0 Å². The average Bonchev–Trinajstić information content (AvgIpc) is 3.11. The number of hydrogen-bond donors (Lipinski definition) is 1. The van der Waals surface area contributed by atoms with Gasteiger partial charge in [-0.3, -0.25) is 4.79 Å². The van der Waals surface area contributed by atoms with Gasteiger partial charge < -0.3 is 14.6 Å². The SMILES string of the molecule is CCn1c(SCC(=O)Nc2ccc(Br)cc2Cl)nnc1-c1cc(Cl)ccc1OC. The Hall–Kier alpha value is -1.74. The minimum atomic E-state index is -0.188. The molecule has 0 spiro atoms. The summed E-state index contributed by atoms with van der Waals surface area (Å²) >= 11 is 16.9. The molecule has 1 aromatic heterocycles. The minimum absolute atomic E-state index is 0.164. The van der Waals surface area contributed by atoms with E-state index in [1.165, 1.54) is 11.8 Å². The zero-order chi connectivity index (χ0) is 21.0. The number of thioether (sulfide) groups is 1. The lowest BCUT2D eigenvalue weighted by Gasteiger charge is -2.11. The molecule has 0 fully saturated rings. The molecule has 152 valence electrons. The molecule has 0 saturated heterocycles. The van der Waals surface area contributed by atoms with Crippen LogP contribution in [0.5, 0.6) is 5.75 Å². The molecule has 6 nitrogen and oxygen atoms in total. The van der Waals surface area contributed by atoms with Gasteiger partial charge in [0, 0.05) is 16.0 Å². The van der Waals surface area contributed by atoms with Crippen molar-refractivity contribution >= 4 is 62.5 Å². The predicted octanol–water partition coefficient (Wildman–Crippen LogP) is 5.77. The number of halogens is 3. The van der Waals surface area contributed by atoms with Gasteiger partial charge in [-0.05, 0) is 43.3 Å². The maximum atomic E-state index is 12.3. The van der Waals surface area contributed by atoms with Gasteiger partial charge in [-0.15, -0.1) is 10.2 Å². The first-order chi connectivity index (χ1) is 13.9. The number of benzene rings is 2. The van der Waals surface area contributed by atoms with E-state index in [0.29, 0.717) is 39.0 Å². The molecule has 3 rings (SSSR count). The van der Waals surface area contributed by atoms with Crippen molar-refractivity contribution in [2.45, 2.75) is 18.6 Å². The van der Waals surface area contributed by atoms with Crippen LogP contribution in [0.1, 0.15) is 6.92 Å². The summed E-state index contributed by atoms with van der Waals surface area (Å²) in [6, 6.07) is 10.6. The van der Waals surface area contributed by atoms with Gasteiger partial charge in [0.25, 0.3) is 0 Å². The molecule has 0 bridgehead atoms. The van der Waals surface area contributed by atoms with Gasteiger partial charge in [0.2, 0.25) is 5.91 Å². The molecule has 0 aliphatic heterocycles. The van der Waals surface area contributed by atoms with E-state index in [4.69, 9.17) is 27.9 Å². The molecule has 2 aromatic carbocycles. The Kier molecular flexibility index (Phi) is 7.45. The first kappa shape index (κ1) is 22.0. The lowest BCUT2D eigenvalue weighted by Crippen LogP contribution is -2.15. The summed E-state index contributed by atoms with van der Waals surface area (Å²) in [6.07, 6.45) is 0. The van der Waals surface area contributed by atoms with Crippen molar-refractivity contribution in [3.8, 4) is 17.1 Å². The molecule has 0 saturated carbocycles. The van der Waals surface area contributed by atoms with E-state index >= 15 is 0 Å². The number of anilines is 1. The van der Waals surface area contributed by atoms with Gasteiger partial charge >= 0.3 is 0 Å². The molecule has 1 N–H and O–H groups in total. The van der Waals surface area contributed by atoms with E-state index in [9.17, 15) is 4.79 Å². The van der Waals surface area contributed by atoms with Gasteiger partial charge in [-0.1, -0.05) is 50.9 Å². The predicted molar refractivity (Wildman–Crippen MR) is 121 cm³/mol. The maximum absolute atomic E-state index is 12.3. The third-order valence-electron chi connectivity index (χ3n) is 3.97. The van der Waals surface area contributed by atoms with Crippen LogP contribution in [0.2, 0.25) is 10.0 Å². The highest BCUT2D eigenvalue weighted by molar-refractivity contribution is 9.10. The van der Waals surface area contributed by atoms with Crippen molar-refractivity contribution in [2.24, 2.45) is 0 Å². The van der Waals surface area contributed by atoms with Gasteiger partial charge in [-0.2, -0.15) is 0 Å². The number of nitrogens with zero attached hydrogens (tertiary/aromatic N) is 3. The van der Waals surface area contributed by atoms with Crippen LogP contribution in [0.4, 0.5) is 5.69 Å². The highest BCUT2D eigenvalue weighted by Gasteiger charge is 2.18. The number of nitrogens with one attached hydrogen (secondary N) is 1. The molecule has 1 heterocycles. The summed E-state index contributed by atoms with van der Waals surface area (Å²) in [7, 11) is 1.59. The lowest BCUT2D eigenvalue weighted by molar-refractivity contribution is -0.113. The zero-order valence-corrected chi connectivity index (χ0v) is 19.5. The van der Waals surface area contributed by atoms with Crippen LogP contribution >= 0.6 is 50.9 Å². The van der Waals surface area contributed by atoms with Gasteiger partial charge in [0.1, 0.15) is 5.75 Å². The molecule has 29 heavy (non-hydrogen) atoms. The number of aromatic nitrogens is 3. The molecule has 1 amide bonds. The molecule has 0 unspecified atom stereocenters. The Morgan fingerprint density at radius 3 is 2.72 bits per heavy atom. The molecular formula is C19H17BrCl2N4O2S. The maximum Gasteiger partial charge on any atom is 0.234 e. The fraction of sp³-hybridized carbons (Fsp3) is 0.211. The normalized spacial score (nSPS) is 10.8. The highest BCUT2D eigenvalue weighted by Crippen LogP contribution is 2.33. The van der Waals surface area contributed by atoms with Crippen molar-refractivity contribution < 1.29 is 9.53 Å². The minimum Gasteiger partial charge on any atom is -0.496 e. The molecular weight excluding hydrogens is 499 g/mol.